The van der Waals surface area contributed by atoms with E-state index in [2.05, 4.69) is 35.8 Å². The van der Waals surface area contributed by atoms with Crippen molar-refractivity contribution in [2.45, 2.75) is 38.6 Å². The zero-order valence-corrected chi connectivity index (χ0v) is 11.7. The van der Waals surface area contributed by atoms with Gasteiger partial charge in [-0.25, -0.2) is 0 Å². The van der Waals surface area contributed by atoms with Gasteiger partial charge in [0.1, 0.15) is 0 Å². The minimum atomic E-state index is 0.434. The van der Waals surface area contributed by atoms with Crippen LogP contribution in [-0.4, -0.2) is 6.54 Å². The summed E-state index contributed by atoms with van der Waals surface area (Å²) in [5.41, 5.74) is 1.27. The zero-order chi connectivity index (χ0) is 12.6. The molecule has 0 spiro atoms. The molecular formula is C15H21NOS. The highest BCUT2D eigenvalue weighted by Gasteiger charge is 2.11. The number of thiophene rings is 1. The Kier molecular flexibility index (Phi) is 5.49. The van der Waals surface area contributed by atoms with Crippen molar-refractivity contribution in [1.29, 1.82) is 0 Å². The molecule has 2 rings (SSSR count). The molecule has 18 heavy (non-hydrogen) atoms. The Morgan fingerprint density at radius 2 is 2.33 bits per heavy atom. The van der Waals surface area contributed by atoms with Gasteiger partial charge in [-0.3, -0.25) is 0 Å². The molecule has 0 fully saturated rings. The third kappa shape index (κ3) is 4.00. The zero-order valence-electron chi connectivity index (χ0n) is 10.9. The Balaban J connectivity index is 1.81. The third-order valence-electron chi connectivity index (χ3n) is 3.08. The van der Waals surface area contributed by atoms with Gasteiger partial charge in [-0.05, 0) is 49.7 Å². The lowest BCUT2D eigenvalue weighted by molar-refractivity contribution is 0.476. The summed E-state index contributed by atoms with van der Waals surface area (Å²) in [5, 5.41) is 5.75. The number of rotatable bonds is 8. The lowest BCUT2D eigenvalue weighted by Gasteiger charge is -2.16. The first-order valence-corrected chi connectivity index (χ1v) is 7.56. The van der Waals surface area contributed by atoms with E-state index in [0.717, 1.165) is 13.0 Å². The monoisotopic (exact) mass is 263 g/mol. The van der Waals surface area contributed by atoms with Crippen molar-refractivity contribution in [1.82, 2.24) is 5.32 Å². The highest BCUT2D eigenvalue weighted by molar-refractivity contribution is 7.09. The second-order valence-corrected chi connectivity index (χ2v) is 5.57. The van der Waals surface area contributed by atoms with Crippen molar-refractivity contribution in [3.8, 4) is 0 Å². The highest BCUT2D eigenvalue weighted by Crippen LogP contribution is 2.21. The fraction of sp³-hybridized carbons (Fsp3) is 0.467. The molecule has 1 atom stereocenters. The summed E-state index contributed by atoms with van der Waals surface area (Å²) in [4.78, 5) is 1.48. The van der Waals surface area contributed by atoms with Crippen molar-refractivity contribution in [2.24, 2.45) is 0 Å². The van der Waals surface area contributed by atoms with E-state index in [1.807, 2.05) is 17.6 Å². The molecule has 0 aliphatic carbocycles. The standard InChI is InChI=1S/C15H21NOS/c1-2-9-16-15(13-8-10-17-12-13)7-3-5-14-6-4-11-18-14/h4,6,8,10-12,15-16H,2-3,5,7,9H2,1H3. The molecule has 1 unspecified atom stereocenters. The minimum Gasteiger partial charge on any atom is -0.472 e. The SMILES string of the molecule is CCCNC(CCCc1cccs1)c1ccoc1. The first kappa shape index (κ1) is 13.4. The van der Waals surface area contributed by atoms with E-state index >= 15 is 0 Å². The van der Waals surface area contributed by atoms with Crippen LogP contribution in [0, 0.1) is 0 Å². The Morgan fingerprint density at radius 3 is 3.00 bits per heavy atom. The Morgan fingerprint density at radius 1 is 1.39 bits per heavy atom. The van der Waals surface area contributed by atoms with Gasteiger partial charge >= 0.3 is 0 Å². The van der Waals surface area contributed by atoms with E-state index in [4.69, 9.17) is 4.42 Å². The predicted octanol–water partition coefficient (Wildman–Crippen LogP) is 4.40. The quantitative estimate of drug-likeness (QED) is 0.763. The number of furan rings is 1. The lowest BCUT2D eigenvalue weighted by atomic mass is 10.0. The third-order valence-corrected chi connectivity index (χ3v) is 4.02. The summed E-state index contributed by atoms with van der Waals surface area (Å²) in [5.74, 6) is 0. The minimum absolute atomic E-state index is 0.434. The molecule has 0 radical (unpaired) electrons. The largest absolute Gasteiger partial charge is 0.472 e. The van der Waals surface area contributed by atoms with Crippen LogP contribution in [-0.2, 0) is 6.42 Å². The van der Waals surface area contributed by atoms with Crippen LogP contribution in [0.25, 0.3) is 0 Å². The van der Waals surface area contributed by atoms with Crippen molar-refractivity contribution < 1.29 is 4.42 Å². The number of hydrogen-bond donors (Lipinski definition) is 1. The molecule has 0 aliphatic heterocycles. The summed E-state index contributed by atoms with van der Waals surface area (Å²) < 4.78 is 5.19. The molecule has 0 aliphatic rings. The molecule has 0 saturated heterocycles. The van der Waals surface area contributed by atoms with Crippen LogP contribution in [0.1, 0.15) is 42.7 Å². The van der Waals surface area contributed by atoms with Gasteiger partial charge in [0.05, 0.1) is 12.5 Å². The van der Waals surface area contributed by atoms with Gasteiger partial charge in [0.2, 0.25) is 0 Å². The number of hydrogen-bond acceptors (Lipinski definition) is 3. The van der Waals surface area contributed by atoms with E-state index in [1.165, 1.54) is 29.7 Å². The van der Waals surface area contributed by atoms with Crippen molar-refractivity contribution >= 4 is 11.3 Å². The van der Waals surface area contributed by atoms with Crippen molar-refractivity contribution in [3.05, 3.63) is 46.5 Å². The average Bonchev–Trinajstić information content (AvgIpc) is 3.05. The molecule has 0 aromatic carbocycles. The smallest absolute Gasteiger partial charge is 0.0950 e. The van der Waals surface area contributed by atoms with Crippen molar-refractivity contribution in [3.63, 3.8) is 0 Å². The Bertz CT molecular complexity index is 408. The molecule has 0 saturated carbocycles. The van der Waals surface area contributed by atoms with Gasteiger partial charge in [-0.2, -0.15) is 0 Å². The van der Waals surface area contributed by atoms with Crippen LogP contribution in [0.5, 0.6) is 0 Å². The van der Waals surface area contributed by atoms with Crippen LogP contribution < -0.4 is 5.32 Å². The van der Waals surface area contributed by atoms with E-state index < -0.39 is 0 Å². The maximum Gasteiger partial charge on any atom is 0.0950 e. The Labute approximate surface area is 113 Å². The second kappa shape index (κ2) is 7.39. The molecule has 98 valence electrons. The number of nitrogens with one attached hydrogen (secondary N) is 1. The lowest BCUT2D eigenvalue weighted by Crippen LogP contribution is -2.21. The van der Waals surface area contributed by atoms with Crippen LogP contribution in [0.4, 0.5) is 0 Å². The van der Waals surface area contributed by atoms with Gasteiger partial charge in [-0.1, -0.05) is 13.0 Å². The summed E-state index contributed by atoms with van der Waals surface area (Å²) in [6, 6.07) is 6.85. The molecule has 2 nitrogen and oxygen atoms in total. The van der Waals surface area contributed by atoms with Gasteiger partial charge in [0.25, 0.3) is 0 Å². The first-order valence-electron chi connectivity index (χ1n) is 6.68. The van der Waals surface area contributed by atoms with E-state index in [9.17, 15) is 0 Å². The first-order chi connectivity index (χ1) is 8.90. The average molecular weight is 263 g/mol. The number of aryl methyl sites for hydroxylation is 1. The fourth-order valence-corrected chi connectivity index (χ4v) is 2.86. The fourth-order valence-electron chi connectivity index (χ4n) is 2.11. The van der Waals surface area contributed by atoms with Crippen LogP contribution >= 0.6 is 11.3 Å². The molecule has 2 heterocycles. The van der Waals surface area contributed by atoms with E-state index in [1.54, 1.807) is 6.26 Å². The molecule has 1 N–H and O–H groups in total. The predicted molar refractivity (Wildman–Crippen MR) is 77.0 cm³/mol. The maximum absolute atomic E-state index is 5.19. The van der Waals surface area contributed by atoms with Crippen LogP contribution in [0.3, 0.4) is 0 Å². The Hall–Kier alpha value is -1.06. The molecular weight excluding hydrogens is 242 g/mol. The van der Waals surface area contributed by atoms with Crippen LogP contribution in [0.15, 0.2) is 40.5 Å². The van der Waals surface area contributed by atoms with Gasteiger partial charge in [0, 0.05) is 16.5 Å². The molecule has 2 aromatic heterocycles. The van der Waals surface area contributed by atoms with Gasteiger partial charge in [0.15, 0.2) is 0 Å². The summed E-state index contributed by atoms with van der Waals surface area (Å²) in [6.45, 7) is 3.26. The maximum atomic E-state index is 5.19. The molecule has 0 amide bonds. The molecule has 3 heteroatoms. The topological polar surface area (TPSA) is 25.2 Å². The van der Waals surface area contributed by atoms with Crippen molar-refractivity contribution in [2.75, 3.05) is 6.54 Å². The normalized spacial score (nSPS) is 12.7. The summed E-state index contributed by atoms with van der Waals surface area (Å²) >= 11 is 1.85. The van der Waals surface area contributed by atoms with E-state index in [0.29, 0.717) is 6.04 Å². The van der Waals surface area contributed by atoms with Gasteiger partial charge < -0.3 is 9.73 Å². The highest BCUT2D eigenvalue weighted by atomic mass is 32.1. The van der Waals surface area contributed by atoms with Gasteiger partial charge in [-0.15, -0.1) is 11.3 Å². The van der Waals surface area contributed by atoms with Crippen LogP contribution in [0.2, 0.25) is 0 Å². The summed E-state index contributed by atoms with van der Waals surface area (Å²) in [7, 11) is 0. The molecule has 2 aromatic rings. The summed E-state index contributed by atoms with van der Waals surface area (Å²) in [6.07, 6.45) is 8.34. The molecule has 0 bridgehead atoms. The second-order valence-electron chi connectivity index (χ2n) is 4.53. The van der Waals surface area contributed by atoms with E-state index in [-0.39, 0.29) is 0 Å².